The fourth-order valence-electron chi connectivity index (χ4n) is 2.44. The Hall–Kier alpha value is -1.12. The summed E-state index contributed by atoms with van der Waals surface area (Å²) in [6.07, 6.45) is 1.13. The van der Waals surface area contributed by atoms with Gasteiger partial charge in [0.2, 0.25) is 0 Å². The van der Waals surface area contributed by atoms with Crippen LogP contribution in [0.3, 0.4) is 0 Å². The third-order valence-electron chi connectivity index (χ3n) is 3.49. The fraction of sp³-hybridized carbons (Fsp3) is 0.250. The van der Waals surface area contributed by atoms with Crippen molar-refractivity contribution in [1.29, 1.82) is 0 Å². The lowest BCUT2D eigenvalue weighted by atomic mass is 10.0. The Kier molecular flexibility index (Phi) is 3.72. The number of thioether (sulfide) groups is 1. The van der Waals surface area contributed by atoms with Gasteiger partial charge in [-0.05, 0) is 48.7 Å². The molecule has 0 saturated carbocycles. The molecular weight excluding hydrogens is 274 g/mol. The van der Waals surface area contributed by atoms with E-state index in [0.29, 0.717) is 6.04 Å². The van der Waals surface area contributed by atoms with Gasteiger partial charge in [0.05, 0.1) is 6.04 Å². The summed E-state index contributed by atoms with van der Waals surface area (Å²) in [4.78, 5) is 1.35. The first-order chi connectivity index (χ1) is 9.24. The van der Waals surface area contributed by atoms with Crippen molar-refractivity contribution in [3.8, 4) is 0 Å². The number of para-hydroxylation sites is 1. The zero-order chi connectivity index (χ0) is 13.2. The molecule has 3 heteroatoms. The standard InChI is InChI=1S/C16H16ClNS/c1-11-4-2-3-5-14(11)18-15-8-9-19-16-7-6-12(17)10-13(15)16/h2-7,10,15,18H,8-9H2,1H3. The van der Waals surface area contributed by atoms with E-state index in [1.807, 2.05) is 17.8 Å². The third kappa shape index (κ3) is 2.75. The van der Waals surface area contributed by atoms with Gasteiger partial charge >= 0.3 is 0 Å². The second-order valence-corrected chi connectivity index (χ2v) is 6.40. The lowest BCUT2D eigenvalue weighted by Crippen LogP contribution is -2.16. The van der Waals surface area contributed by atoms with Gasteiger partial charge in [-0.15, -0.1) is 11.8 Å². The zero-order valence-corrected chi connectivity index (χ0v) is 12.4. The minimum atomic E-state index is 0.357. The molecule has 1 unspecified atom stereocenters. The maximum Gasteiger partial charge on any atom is 0.0533 e. The predicted molar refractivity (Wildman–Crippen MR) is 84.3 cm³/mol. The monoisotopic (exact) mass is 289 g/mol. The molecule has 1 N–H and O–H groups in total. The first-order valence-electron chi connectivity index (χ1n) is 6.48. The summed E-state index contributed by atoms with van der Waals surface area (Å²) in [6, 6.07) is 15.0. The first kappa shape index (κ1) is 12.9. The van der Waals surface area contributed by atoms with Gasteiger partial charge < -0.3 is 5.32 Å². The van der Waals surface area contributed by atoms with Crippen LogP contribution in [0.5, 0.6) is 0 Å². The highest BCUT2D eigenvalue weighted by Crippen LogP contribution is 2.39. The number of nitrogens with one attached hydrogen (secondary N) is 1. The molecule has 2 aromatic rings. The van der Waals surface area contributed by atoms with Crippen molar-refractivity contribution in [1.82, 2.24) is 0 Å². The number of halogens is 1. The maximum atomic E-state index is 6.14. The van der Waals surface area contributed by atoms with E-state index in [2.05, 4.69) is 48.6 Å². The molecule has 98 valence electrons. The van der Waals surface area contributed by atoms with E-state index < -0.39 is 0 Å². The lowest BCUT2D eigenvalue weighted by Gasteiger charge is -2.27. The van der Waals surface area contributed by atoms with Crippen LogP contribution in [0.25, 0.3) is 0 Å². The summed E-state index contributed by atoms with van der Waals surface area (Å²) in [5, 5.41) is 4.48. The van der Waals surface area contributed by atoms with Gasteiger partial charge in [-0.25, -0.2) is 0 Å². The minimum Gasteiger partial charge on any atom is -0.378 e. The Labute approximate surface area is 123 Å². The highest BCUT2D eigenvalue weighted by atomic mass is 35.5. The molecule has 2 aromatic carbocycles. The lowest BCUT2D eigenvalue weighted by molar-refractivity contribution is 0.728. The number of aryl methyl sites for hydroxylation is 1. The van der Waals surface area contributed by atoms with Gasteiger partial charge in [0, 0.05) is 21.4 Å². The van der Waals surface area contributed by atoms with E-state index >= 15 is 0 Å². The molecule has 0 radical (unpaired) electrons. The molecule has 1 heterocycles. The minimum absolute atomic E-state index is 0.357. The van der Waals surface area contributed by atoms with Crippen LogP contribution < -0.4 is 5.32 Å². The normalized spacial score (nSPS) is 17.9. The van der Waals surface area contributed by atoms with Crippen LogP contribution in [0.4, 0.5) is 5.69 Å². The van der Waals surface area contributed by atoms with Crippen molar-refractivity contribution in [3.05, 3.63) is 58.6 Å². The molecular formula is C16H16ClNS. The Morgan fingerprint density at radius 2 is 2.05 bits per heavy atom. The summed E-state index contributed by atoms with van der Waals surface area (Å²) >= 11 is 8.06. The summed E-state index contributed by atoms with van der Waals surface area (Å²) < 4.78 is 0. The molecule has 0 aliphatic carbocycles. The number of rotatable bonds is 2. The van der Waals surface area contributed by atoms with Crippen LogP contribution in [0.1, 0.15) is 23.6 Å². The highest BCUT2D eigenvalue weighted by Gasteiger charge is 2.21. The second kappa shape index (κ2) is 5.48. The van der Waals surface area contributed by atoms with Crippen LogP contribution in [-0.4, -0.2) is 5.75 Å². The van der Waals surface area contributed by atoms with Gasteiger partial charge in [-0.3, -0.25) is 0 Å². The molecule has 0 spiro atoms. The van der Waals surface area contributed by atoms with Gasteiger partial charge in [0.25, 0.3) is 0 Å². The smallest absolute Gasteiger partial charge is 0.0533 e. The van der Waals surface area contributed by atoms with E-state index in [-0.39, 0.29) is 0 Å². The molecule has 0 aromatic heterocycles. The Balaban J connectivity index is 1.92. The maximum absolute atomic E-state index is 6.14. The summed E-state index contributed by atoms with van der Waals surface area (Å²) in [5.41, 5.74) is 3.82. The first-order valence-corrected chi connectivity index (χ1v) is 7.85. The number of benzene rings is 2. The average molecular weight is 290 g/mol. The number of hydrogen-bond acceptors (Lipinski definition) is 2. The molecule has 1 aliphatic rings. The fourth-order valence-corrected chi connectivity index (χ4v) is 3.72. The van der Waals surface area contributed by atoms with Crippen molar-refractivity contribution >= 4 is 29.1 Å². The molecule has 0 fully saturated rings. The number of hydrogen-bond donors (Lipinski definition) is 1. The van der Waals surface area contributed by atoms with Crippen LogP contribution in [0.2, 0.25) is 5.02 Å². The summed E-state index contributed by atoms with van der Waals surface area (Å²) in [5.74, 6) is 1.15. The molecule has 0 saturated heterocycles. The quantitative estimate of drug-likeness (QED) is 0.805. The van der Waals surface area contributed by atoms with Crippen molar-refractivity contribution in [2.24, 2.45) is 0 Å². The van der Waals surface area contributed by atoms with Gasteiger partial charge in [0.15, 0.2) is 0 Å². The van der Waals surface area contributed by atoms with E-state index in [1.54, 1.807) is 0 Å². The highest BCUT2D eigenvalue weighted by molar-refractivity contribution is 7.99. The number of fused-ring (bicyclic) bond motifs is 1. The molecule has 1 atom stereocenters. The average Bonchev–Trinajstić information content (AvgIpc) is 2.42. The van der Waals surface area contributed by atoms with Crippen molar-refractivity contribution in [3.63, 3.8) is 0 Å². The van der Waals surface area contributed by atoms with Gasteiger partial charge in [-0.2, -0.15) is 0 Å². The van der Waals surface area contributed by atoms with Crippen molar-refractivity contribution < 1.29 is 0 Å². The van der Waals surface area contributed by atoms with Gasteiger partial charge in [-0.1, -0.05) is 29.8 Å². The third-order valence-corrected chi connectivity index (χ3v) is 4.84. The van der Waals surface area contributed by atoms with Gasteiger partial charge in [0.1, 0.15) is 0 Å². The van der Waals surface area contributed by atoms with Crippen molar-refractivity contribution in [2.75, 3.05) is 11.1 Å². The predicted octanol–water partition coefficient (Wildman–Crippen LogP) is 5.30. The van der Waals surface area contributed by atoms with Crippen LogP contribution in [0, 0.1) is 6.92 Å². The second-order valence-electron chi connectivity index (χ2n) is 4.83. The molecule has 19 heavy (non-hydrogen) atoms. The van der Waals surface area contributed by atoms with E-state index in [1.165, 1.54) is 21.7 Å². The van der Waals surface area contributed by atoms with Crippen LogP contribution >= 0.6 is 23.4 Å². The number of anilines is 1. The Morgan fingerprint density at radius 1 is 1.21 bits per heavy atom. The topological polar surface area (TPSA) is 12.0 Å². The molecule has 1 aliphatic heterocycles. The summed E-state index contributed by atoms with van der Waals surface area (Å²) in [6.45, 7) is 2.14. The van der Waals surface area contributed by atoms with Crippen LogP contribution in [-0.2, 0) is 0 Å². The SMILES string of the molecule is Cc1ccccc1NC1CCSc2ccc(Cl)cc21. The van der Waals surface area contributed by atoms with Crippen molar-refractivity contribution in [2.45, 2.75) is 24.3 Å². The Bertz CT molecular complexity index is 597. The van der Waals surface area contributed by atoms with Crippen LogP contribution in [0.15, 0.2) is 47.4 Å². The Morgan fingerprint density at radius 3 is 2.89 bits per heavy atom. The van der Waals surface area contributed by atoms with E-state index in [4.69, 9.17) is 11.6 Å². The zero-order valence-electron chi connectivity index (χ0n) is 10.8. The molecule has 0 amide bonds. The largest absolute Gasteiger partial charge is 0.378 e. The molecule has 3 rings (SSSR count). The van der Waals surface area contributed by atoms with E-state index in [9.17, 15) is 0 Å². The summed E-state index contributed by atoms with van der Waals surface area (Å²) in [7, 11) is 0. The molecule has 1 nitrogen and oxygen atoms in total. The molecule has 0 bridgehead atoms. The van der Waals surface area contributed by atoms with E-state index in [0.717, 1.165) is 17.2 Å².